The van der Waals surface area contributed by atoms with Crippen LogP contribution in [-0.2, 0) is 14.8 Å². The van der Waals surface area contributed by atoms with Gasteiger partial charge in [-0.1, -0.05) is 44.2 Å². The Hall–Kier alpha value is -3.41. The van der Waals surface area contributed by atoms with Crippen molar-refractivity contribution in [1.82, 2.24) is 19.5 Å². The van der Waals surface area contributed by atoms with Crippen molar-refractivity contribution >= 4 is 32.9 Å². The summed E-state index contributed by atoms with van der Waals surface area (Å²) in [4.78, 5) is 29.5. The molecule has 2 saturated heterocycles. The molecule has 2 amide bonds. The van der Waals surface area contributed by atoms with E-state index >= 15 is 0 Å². The molecule has 2 aromatic carbocycles. The molecule has 0 atom stereocenters. The standard InChI is InChI=1S/C33H45N5O5S/c1-23(2)22-43-33(40)37-14-11-27(12-15-37)35-13-6-18-44(41,42)38-16-9-25(10-17-38)30-21-36-31-28(30)19-26(20-29(31)32(34)39)24-7-4-3-5-8-24/h3-5,7-8,19-21,23,25,27,35-36H,6,9-18,22H2,1-2H3,(H2,34,39). The molecule has 11 heteroatoms. The maximum Gasteiger partial charge on any atom is 0.409 e. The first-order valence-electron chi connectivity index (χ1n) is 15.8. The molecule has 0 bridgehead atoms. The van der Waals surface area contributed by atoms with Crippen molar-refractivity contribution in [3.05, 3.63) is 59.8 Å². The summed E-state index contributed by atoms with van der Waals surface area (Å²) in [6, 6.07) is 14.1. The van der Waals surface area contributed by atoms with Crippen molar-refractivity contribution in [3.8, 4) is 11.1 Å². The van der Waals surface area contributed by atoms with Gasteiger partial charge in [0, 0.05) is 43.8 Å². The van der Waals surface area contributed by atoms with E-state index in [1.807, 2.05) is 56.4 Å². The summed E-state index contributed by atoms with van der Waals surface area (Å²) < 4.78 is 33.3. The van der Waals surface area contributed by atoms with Crippen LogP contribution in [-0.4, -0.2) is 85.7 Å². The molecule has 1 aromatic heterocycles. The number of likely N-dealkylation sites (tertiary alicyclic amines) is 1. The minimum absolute atomic E-state index is 0.112. The van der Waals surface area contributed by atoms with Crippen LogP contribution in [0.4, 0.5) is 4.79 Å². The third kappa shape index (κ3) is 7.62. The lowest BCUT2D eigenvalue weighted by Crippen LogP contribution is -2.45. The van der Waals surface area contributed by atoms with E-state index in [1.54, 1.807) is 9.21 Å². The fourth-order valence-corrected chi connectivity index (χ4v) is 7.85. The Bertz CT molecular complexity index is 1540. The number of hydrogen-bond donors (Lipinski definition) is 3. The van der Waals surface area contributed by atoms with Crippen molar-refractivity contribution in [3.63, 3.8) is 0 Å². The van der Waals surface area contributed by atoms with Crippen LogP contribution in [0.15, 0.2) is 48.7 Å². The molecular formula is C33H45N5O5S. The number of nitrogens with one attached hydrogen (secondary N) is 2. The van der Waals surface area contributed by atoms with E-state index in [1.165, 1.54) is 0 Å². The number of nitrogens with two attached hydrogens (primary N) is 1. The first-order chi connectivity index (χ1) is 21.1. The number of carbonyl (C=O) groups is 2. The van der Waals surface area contributed by atoms with E-state index in [4.69, 9.17) is 10.5 Å². The summed E-state index contributed by atoms with van der Waals surface area (Å²) in [7, 11) is -3.36. The molecule has 3 aromatic rings. The van der Waals surface area contributed by atoms with E-state index in [0.717, 1.165) is 40.4 Å². The zero-order chi connectivity index (χ0) is 31.3. The summed E-state index contributed by atoms with van der Waals surface area (Å²) in [6.45, 7) is 7.33. The normalized spacial score (nSPS) is 17.4. The quantitative estimate of drug-likeness (QED) is 0.265. The number of ether oxygens (including phenoxy) is 1. The maximum atomic E-state index is 13.2. The zero-order valence-electron chi connectivity index (χ0n) is 25.8. The lowest BCUT2D eigenvalue weighted by atomic mass is 9.88. The number of benzene rings is 2. The Morgan fingerprint density at radius 3 is 2.39 bits per heavy atom. The van der Waals surface area contributed by atoms with Gasteiger partial charge < -0.3 is 25.7 Å². The molecule has 10 nitrogen and oxygen atoms in total. The van der Waals surface area contributed by atoms with Gasteiger partial charge in [-0.2, -0.15) is 0 Å². The second kappa shape index (κ2) is 14.1. The summed E-state index contributed by atoms with van der Waals surface area (Å²) in [5, 5.41) is 4.44. The maximum absolute atomic E-state index is 13.2. The number of aromatic amines is 1. The molecule has 2 aliphatic rings. The summed E-state index contributed by atoms with van der Waals surface area (Å²) in [5.41, 5.74) is 9.97. The van der Waals surface area contributed by atoms with Gasteiger partial charge in [0.15, 0.2) is 0 Å². The molecule has 2 fully saturated rings. The largest absolute Gasteiger partial charge is 0.449 e. The van der Waals surface area contributed by atoms with Gasteiger partial charge in [-0.3, -0.25) is 4.79 Å². The number of nitrogens with zero attached hydrogens (tertiary/aromatic N) is 2. The Labute approximate surface area is 260 Å². The van der Waals surface area contributed by atoms with Crippen molar-refractivity contribution < 1.29 is 22.7 Å². The van der Waals surface area contributed by atoms with Gasteiger partial charge in [-0.05, 0) is 79.3 Å². The second-order valence-corrected chi connectivity index (χ2v) is 14.5. The van der Waals surface area contributed by atoms with Crippen molar-refractivity contribution in [2.24, 2.45) is 11.7 Å². The van der Waals surface area contributed by atoms with E-state index < -0.39 is 15.9 Å². The highest BCUT2D eigenvalue weighted by atomic mass is 32.2. The summed E-state index contributed by atoms with van der Waals surface area (Å²) in [6.07, 6.45) is 5.33. The third-order valence-electron chi connectivity index (χ3n) is 8.79. The number of fused-ring (bicyclic) bond motifs is 1. The molecule has 2 aliphatic heterocycles. The van der Waals surface area contributed by atoms with E-state index in [0.29, 0.717) is 70.1 Å². The van der Waals surface area contributed by atoms with E-state index in [-0.39, 0.29) is 23.8 Å². The third-order valence-corrected chi connectivity index (χ3v) is 10.7. The van der Waals surface area contributed by atoms with Gasteiger partial charge in [0.2, 0.25) is 10.0 Å². The number of piperidine rings is 2. The minimum atomic E-state index is -3.36. The number of aromatic nitrogens is 1. The van der Waals surface area contributed by atoms with Gasteiger partial charge in [0.05, 0.1) is 23.4 Å². The Morgan fingerprint density at radius 2 is 1.73 bits per heavy atom. The van der Waals surface area contributed by atoms with Gasteiger partial charge in [0.1, 0.15) is 0 Å². The van der Waals surface area contributed by atoms with Crippen LogP contribution in [0, 0.1) is 5.92 Å². The molecule has 44 heavy (non-hydrogen) atoms. The fourth-order valence-electron chi connectivity index (χ4n) is 6.31. The van der Waals surface area contributed by atoms with Gasteiger partial charge in [-0.25, -0.2) is 17.5 Å². The first-order valence-corrected chi connectivity index (χ1v) is 17.4. The van der Waals surface area contributed by atoms with Crippen LogP contribution in [0.5, 0.6) is 0 Å². The molecule has 238 valence electrons. The molecule has 0 aliphatic carbocycles. The number of hydrogen-bond acceptors (Lipinski definition) is 6. The number of H-pyrrole nitrogens is 1. The number of carbonyl (C=O) groups excluding carboxylic acids is 2. The Morgan fingerprint density at radius 1 is 1.02 bits per heavy atom. The molecule has 0 saturated carbocycles. The molecule has 0 spiro atoms. The van der Waals surface area contributed by atoms with E-state index in [2.05, 4.69) is 16.4 Å². The van der Waals surface area contributed by atoms with E-state index in [9.17, 15) is 18.0 Å². The number of amides is 2. The first kappa shape index (κ1) is 32.0. The average Bonchev–Trinajstić information content (AvgIpc) is 3.46. The van der Waals surface area contributed by atoms with Gasteiger partial charge in [0.25, 0.3) is 5.91 Å². The Balaban J connectivity index is 1.11. The molecule has 3 heterocycles. The highest BCUT2D eigenvalue weighted by Crippen LogP contribution is 2.37. The van der Waals surface area contributed by atoms with Crippen molar-refractivity contribution in [2.75, 3.05) is 45.1 Å². The highest BCUT2D eigenvalue weighted by molar-refractivity contribution is 7.89. The average molecular weight is 624 g/mol. The van der Waals surface area contributed by atoms with Crippen molar-refractivity contribution in [1.29, 1.82) is 0 Å². The zero-order valence-corrected chi connectivity index (χ0v) is 26.6. The Kier molecular flexibility index (Phi) is 10.3. The number of sulfonamides is 1. The smallest absolute Gasteiger partial charge is 0.409 e. The summed E-state index contributed by atoms with van der Waals surface area (Å²) >= 11 is 0. The van der Waals surface area contributed by atoms with Crippen LogP contribution >= 0.6 is 0 Å². The lowest BCUT2D eigenvalue weighted by Gasteiger charge is -2.32. The van der Waals surface area contributed by atoms with Crippen LogP contribution in [0.2, 0.25) is 0 Å². The number of primary amides is 1. The predicted molar refractivity (Wildman–Crippen MR) is 173 cm³/mol. The second-order valence-electron chi connectivity index (χ2n) is 12.4. The lowest BCUT2D eigenvalue weighted by molar-refractivity contribution is 0.0818. The predicted octanol–water partition coefficient (Wildman–Crippen LogP) is 4.68. The van der Waals surface area contributed by atoms with Crippen LogP contribution in [0.3, 0.4) is 0 Å². The highest BCUT2D eigenvalue weighted by Gasteiger charge is 2.30. The molecule has 4 N–H and O–H groups in total. The van der Waals surface area contributed by atoms with Crippen LogP contribution < -0.4 is 11.1 Å². The van der Waals surface area contributed by atoms with Crippen LogP contribution in [0.1, 0.15) is 67.8 Å². The topological polar surface area (TPSA) is 138 Å². The fraction of sp³-hybridized carbons (Fsp3) is 0.515. The van der Waals surface area contributed by atoms with Crippen molar-refractivity contribution in [2.45, 2.75) is 57.9 Å². The van der Waals surface area contributed by atoms with Gasteiger partial charge >= 0.3 is 6.09 Å². The van der Waals surface area contributed by atoms with Crippen LogP contribution in [0.25, 0.3) is 22.0 Å². The minimum Gasteiger partial charge on any atom is -0.449 e. The monoisotopic (exact) mass is 623 g/mol. The SMILES string of the molecule is CC(C)COC(=O)N1CCC(NCCCS(=O)(=O)N2CCC(c3c[nH]c4c(C(N)=O)cc(-c5ccccc5)cc34)CC2)CC1. The molecule has 5 rings (SSSR count). The summed E-state index contributed by atoms with van der Waals surface area (Å²) in [5.74, 6) is 0.119. The molecule has 0 radical (unpaired) electrons. The number of rotatable bonds is 11. The van der Waals surface area contributed by atoms with Gasteiger partial charge in [-0.15, -0.1) is 0 Å². The molecule has 0 unspecified atom stereocenters. The molecular weight excluding hydrogens is 578 g/mol.